The van der Waals surface area contributed by atoms with Crippen molar-refractivity contribution < 1.29 is 33.1 Å². The van der Waals surface area contributed by atoms with Crippen LogP contribution in [0.1, 0.15) is 11.1 Å². The first-order chi connectivity index (χ1) is 5.43. The molecule has 0 amide bonds. The van der Waals surface area contributed by atoms with Crippen molar-refractivity contribution >= 4 is 10.1 Å². The maximum atomic E-state index is 10.8. The summed E-state index contributed by atoms with van der Waals surface area (Å²) in [5, 5.41) is 0. The third-order valence-electron chi connectivity index (χ3n) is 1.83. The molecule has 0 heterocycles. The molecule has 0 aliphatic rings. The van der Waals surface area contributed by atoms with Crippen molar-refractivity contribution in [2.75, 3.05) is 0 Å². The predicted octanol–water partition coefficient (Wildman–Crippen LogP) is 1.55. The molecule has 0 aliphatic carbocycles. The summed E-state index contributed by atoms with van der Waals surface area (Å²) in [6.07, 6.45) is 0. The van der Waals surface area contributed by atoms with Gasteiger partial charge in [-0.15, -0.1) is 0 Å². The molecule has 1 aromatic carbocycles. The predicted molar refractivity (Wildman–Crippen MR) is 45.7 cm³/mol. The van der Waals surface area contributed by atoms with Crippen molar-refractivity contribution in [3.8, 4) is 0 Å². The second-order valence-corrected chi connectivity index (χ2v) is 4.06. The van der Waals surface area contributed by atoms with Gasteiger partial charge in [0.15, 0.2) is 0 Å². The Labute approximate surface area is 91.3 Å². The Balaban J connectivity index is 0.00000144. The summed E-state index contributed by atoms with van der Waals surface area (Å²) in [5.41, 5.74) is 1.45. The molecule has 0 spiro atoms. The molecule has 1 radical (unpaired) electrons. The van der Waals surface area contributed by atoms with Crippen LogP contribution in [-0.4, -0.2) is 13.0 Å². The molecular formula is C8H10IrO3S. The molecule has 1 rings (SSSR count). The molecule has 0 saturated heterocycles. The van der Waals surface area contributed by atoms with Gasteiger partial charge in [0.2, 0.25) is 0 Å². The van der Waals surface area contributed by atoms with E-state index in [2.05, 4.69) is 0 Å². The van der Waals surface area contributed by atoms with Gasteiger partial charge in [0, 0.05) is 20.1 Å². The zero-order chi connectivity index (χ0) is 9.35. The molecule has 0 aromatic heterocycles. The third kappa shape index (κ3) is 2.88. The fraction of sp³-hybridized carbons (Fsp3) is 0.250. The van der Waals surface area contributed by atoms with Crippen molar-refractivity contribution in [1.29, 1.82) is 0 Å². The Bertz CT molecular complexity index is 398. The molecule has 1 aromatic rings. The number of rotatable bonds is 1. The topological polar surface area (TPSA) is 54.4 Å². The number of aryl methyl sites for hydroxylation is 1. The van der Waals surface area contributed by atoms with E-state index < -0.39 is 10.1 Å². The average molecular weight is 378 g/mol. The summed E-state index contributed by atoms with van der Waals surface area (Å²) in [5.74, 6) is 0. The van der Waals surface area contributed by atoms with Crippen LogP contribution in [0.3, 0.4) is 0 Å². The molecule has 75 valence electrons. The van der Waals surface area contributed by atoms with E-state index in [0.717, 1.165) is 5.56 Å². The number of hydrogen-bond donors (Lipinski definition) is 1. The normalized spacial score (nSPS) is 10.7. The van der Waals surface area contributed by atoms with Crippen LogP contribution in [0, 0.1) is 13.8 Å². The third-order valence-corrected chi connectivity index (χ3v) is 2.83. The summed E-state index contributed by atoms with van der Waals surface area (Å²) in [6.45, 7) is 3.46. The van der Waals surface area contributed by atoms with E-state index in [1.54, 1.807) is 26.0 Å². The van der Waals surface area contributed by atoms with Gasteiger partial charge in [0.05, 0.1) is 4.90 Å². The summed E-state index contributed by atoms with van der Waals surface area (Å²) >= 11 is 0. The van der Waals surface area contributed by atoms with Crippen molar-refractivity contribution in [3.05, 3.63) is 29.3 Å². The minimum absolute atomic E-state index is 0. The van der Waals surface area contributed by atoms with Gasteiger partial charge in [-0.3, -0.25) is 4.55 Å². The van der Waals surface area contributed by atoms with Crippen LogP contribution in [0.2, 0.25) is 0 Å². The Kier molecular flexibility index (Phi) is 4.26. The van der Waals surface area contributed by atoms with E-state index in [-0.39, 0.29) is 25.0 Å². The first-order valence-electron chi connectivity index (χ1n) is 3.46. The van der Waals surface area contributed by atoms with Gasteiger partial charge in [-0.25, -0.2) is 0 Å². The Morgan fingerprint density at radius 3 is 2.15 bits per heavy atom. The molecule has 0 fully saturated rings. The summed E-state index contributed by atoms with van der Waals surface area (Å²) in [4.78, 5) is -0.0116. The zero-order valence-electron chi connectivity index (χ0n) is 7.24. The standard InChI is InChI=1S/C8H10O3S.Ir/c1-6-4-3-5-8(7(6)2)12(9,10)11;/h3-5H,1-2H3,(H,9,10,11);. The quantitative estimate of drug-likeness (QED) is 0.755. The smallest absolute Gasteiger partial charge is 0.282 e. The largest absolute Gasteiger partial charge is 0.294 e. The maximum absolute atomic E-state index is 10.8. The van der Waals surface area contributed by atoms with Gasteiger partial charge in [0.25, 0.3) is 10.1 Å². The van der Waals surface area contributed by atoms with Crippen LogP contribution in [0.15, 0.2) is 23.1 Å². The molecule has 0 saturated carbocycles. The Morgan fingerprint density at radius 2 is 1.77 bits per heavy atom. The molecule has 1 N–H and O–H groups in total. The van der Waals surface area contributed by atoms with E-state index in [9.17, 15) is 8.42 Å². The zero-order valence-corrected chi connectivity index (χ0v) is 10.4. The van der Waals surface area contributed by atoms with E-state index in [4.69, 9.17) is 4.55 Å². The van der Waals surface area contributed by atoms with Gasteiger partial charge in [0.1, 0.15) is 0 Å². The molecular weight excluding hydrogens is 368 g/mol. The monoisotopic (exact) mass is 379 g/mol. The number of benzene rings is 1. The van der Waals surface area contributed by atoms with Gasteiger partial charge in [-0.2, -0.15) is 8.42 Å². The van der Waals surface area contributed by atoms with E-state index in [1.807, 2.05) is 0 Å². The summed E-state index contributed by atoms with van der Waals surface area (Å²) in [7, 11) is -4.06. The van der Waals surface area contributed by atoms with E-state index >= 15 is 0 Å². The molecule has 0 bridgehead atoms. The van der Waals surface area contributed by atoms with Crippen LogP contribution >= 0.6 is 0 Å². The molecule has 0 unspecified atom stereocenters. The second kappa shape index (κ2) is 4.33. The molecule has 13 heavy (non-hydrogen) atoms. The van der Waals surface area contributed by atoms with Crippen molar-refractivity contribution in [2.24, 2.45) is 0 Å². The maximum Gasteiger partial charge on any atom is 0.294 e. The van der Waals surface area contributed by atoms with E-state index in [0.29, 0.717) is 5.56 Å². The van der Waals surface area contributed by atoms with Crippen molar-refractivity contribution in [2.45, 2.75) is 18.7 Å². The van der Waals surface area contributed by atoms with Gasteiger partial charge >= 0.3 is 0 Å². The van der Waals surface area contributed by atoms with Crippen LogP contribution < -0.4 is 0 Å². The minimum atomic E-state index is -4.06. The minimum Gasteiger partial charge on any atom is -0.282 e. The van der Waals surface area contributed by atoms with Crippen LogP contribution in [0.25, 0.3) is 0 Å². The SMILES string of the molecule is Cc1cccc(S(=O)(=O)O)c1C.[Ir]. The fourth-order valence-corrected chi connectivity index (χ4v) is 1.80. The summed E-state index contributed by atoms with van der Waals surface area (Å²) in [6, 6.07) is 4.78. The average Bonchev–Trinajstić information content (AvgIpc) is 1.92. The molecule has 0 aliphatic heterocycles. The van der Waals surface area contributed by atoms with Gasteiger partial charge < -0.3 is 0 Å². The molecule has 3 nitrogen and oxygen atoms in total. The fourth-order valence-electron chi connectivity index (χ4n) is 1.00. The van der Waals surface area contributed by atoms with E-state index in [1.165, 1.54) is 6.07 Å². The summed E-state index contributed by atoms with van der Waals surface area (Å²) < 4.78 is 30.3. The Hall–Kier alpha value is -0.221. The number of hydrogen-bond acceptors (Lipinski definition) is 2. The van der Waals surface area contributed by atoms with Crippen LogP contribution in [0.5, 0.6) is 0 Å². The van der Waals surface area contributed by atoms with Crippen LogP contribution in [0.4, 0.5) is 0 Å². The molecule has 0 atom stereocenters. The van der Waals surface area contributed by atoms with Crippen molar-refractivity contribution in [1.82, 2.24) is 0 Å². The molecule has 5 heteroatoms. The first-order valence-corrected chi connectivity index (χ1v) is 4.90. The first kappa shape index (κ1) is 12.8. The van der Waals surface area contributed by atoms with Crippen molar-refractivity contribution in [3.63, 3.8) is 0 Å². The van der Waals surface area contributed by atoms with Crippen LogP contribution in [-0.2, 0) is 30.2 Å². The Morgan fingerprint density at radius 1 is 1.23 bits per heavy atom. The van der Waals surface area contributed by atoms with Gasteiger partial charge in [-0.05, 0) is 31.0 Å². The second-order valence-electron chi connectivity index (χ2n) is 2.67. The van der Waals surface area contributed by atoms with Gasteiger partial charge in [-0.1, -0.05) is 12.1 Å².